The first-order chi connectivity index (χ1) is 13.6. The first kappa shape index (κ1) is 19.6. The minimum Gasteiger partial charge on any atom is -0.461 e. The van der Waals surface area contributed by atoms with Crippen LogP contribution in [0.2, 0.25) is 0 Å². The highest BCUT2D eigenvalue weighted by atomic mass is 16.5. The Morgan fingerprint density at radius 3 is 1.96 bits per heavy atom. The highest BCUT2D eigenvalue weighted by Gasteiger charge is 2.15. The van der Waals surface area contributed by atoms with E-state index in [9.17, 15) is 9.59 Å². The van der Waals surface area contributed by atoms with E-state index in [1.807, 2.05) is 79.7 Å². The average molecular weight is 376 g/mol. The topological polar surface area (TPSA) is 52.6 Å². The molecule has 3 aromatic rings. The van der Waals surface area contributed by atoms with E-state index in [0.29, 0.717) is 0 Å². The summed E-state index contributed by atoms with van der Waals surface area (Å²) in [4.78, 5) is 24.0. The highest BCUT2D eigenvalue weighted by Crippen LogP contribution is 2.17. The Labute approximate surface area is 165 Å². The number of esters is 2. The maximum atomic E-state index is 12.1. The van der Waals surface area contributed by atoms with Gasteiger partial charge in [-0.3, -0.25) is 9.59 Å². The fraction of sp³-hybridized carbons (Fsp3) is 0.250. The van der Waals surface area contributed by atoms with Crippen molar-refractivity contribution >= 4 is 22.7 Å². The van der Waals surface area contributed by atoms with E-state index in [1.165, 1.54) is 0 Å². The summed E-state index contributed by atoms with van der Waals surface area (Å²) in [5.41, 5.74) is 1.89. The molecule has 4 heteroatoms. The molecule has 0 N–H and O–H groups in total. The van der Waals surface area contributed by atoms with Crippen molar-refractivity contribution in [1.29, 1.82) is 0 Å². The van der Waals surface area contributed by atoms with E-state index in [4.69, 9.17) is 9.47 Å². The summed E-state index contributed by atoms with van der Waals surface area (Å²) >= 11 is 0. The molecule has 28 heavy (non-hydrogen) atoms. The Hall–Kier alpha value is -3.14. The van der Waals surface area contributed by atoms with Gasteiger partial charge in [-0.05, 0) is 33.9 Å². The van der Waals surface area contributed by atoms with Gasteiger partial charge in [0, 0.05) is 12.8 Å². The second-order valence-corrected chi connectivity index (χ2v) is 7.00. The monoisotopic (exact) mass is 376 g/mol. The predicted octanol–water partition coefficient (Wildman–Crippen LogP) is 5.04. The number of hydrogen-bond acceptors (Lipinski definition) is 4. The molecule has 0 spiro atoms. The molecule has 4 nitrogen and oxygen atoms in total. The van der Waals surface area contributed by atoms with Gasteiger partial charge in [0.25, 0.3) is 0 Å². The first-order valence-electron chi connectivity index (χ1n) is 9.43. The van der Waals surface area contributed by atoms with Gasteiger partial charge in [-0.2, -0.15) is 0 Å². The molecule has 0 saturated heterocycles. The fourth-order valence-corrected chi connectivity index (χ4v) is 2.99. The van der Waals surface area contributed by atoms with Crippen LogP contribution in [0.25, 0.3) is 10.8 Å². The molecule has 0 heterocycles. The molecule has 0 aliphatic carbocycles. The molecule has 0 aromatic heterocycles. The molecular weight excluding hydrogens is 352 g/mol. The quantitative estimate of drug-likeness (QED) is 0.517. The first-order valence-corrected chi connectivity index (χ1v) is 9.43. The summed E-state index contributed by atoms with van der Waals surface area (Å²) in [6.45, 7) is 2.33. The Morgan fingerprint density at radius 2 is 1.29 bits per heavy atom. The predicted molar refractivity (Wildman–Crippen MR) is 108 cm³/mol. The van der Waals surface area contributed by atoms with Crippen LogP contribution in [0.3, 0.4) is 0 Å². The molecule has 144 valence electrons. The second kappa shape index (κ2) is 9.70. The lowest BCUT2D eigenvalue weighted by Crippen LogP contribution is -2.14. The number of hydrogen-bond donors (Lipinski definition) is 0. The summed E-state index contributed by atoms with van der Waals surface area (Å²) in [5.74, 6) is -0.748. The largest absolute Gasteiger partial charge is 0.461 e. The van der Waals surface area contributed by atoms with Crippen LogP contribution in [0.1, 0.15) is 30.9 Å². The van der Waals surface area contributed by atoms with Gasteiger partial charge >= 0.3 is 11.9 Å². The van der Waals surface area contributed by atoms with Gasteiger partial charge in [-0.1, -0.05) is 73.7 Å². The summed E-state index contributed by atoms with van der Waals surface area (Å²) < 4.78 is 10.6. The molecule has 1 unspecified atom stereocenters. The van der Waals surface area contributed by atoms with E-state index >= 15 is 0 Å². The van der Waals surface area contributed by atoms with Gasteiger partial charge in [0.1, 0.15) is 13.2 Å². The van der Waals surface area contributed by atoms with E-state index in [2.05, 4.69) is 0 Å². The molecule has 0 radical (unpaired) electrons. The third-order valence-electron chi connectivity index (χ3n) is 4.49. The zero-order chi connectivity index (χ0) is 19.8. The van der Waals surface area contributed by atoms with Crippen LogP contribution in [-0.2, 0) is 32.3 Å². The van der Waals surface area contributed by atoms with E-state index in [-0.39, 0.29) is 43.9 Å². The van der Waals surface area contributed by atoms with Crippen molar-refractivity contribution in [1.82, 2.24) is 0 Å². The van der Waals surface area contributed by atoms with Crippen LogP contribution < -0.4 is 0 Å². The molecule has 0 saturated carbocycles. The minimum absolute atomic E-state index is 0.132. The third kappa shape index (κ3) is 5.95. The summed E-state index contributed by atoms with van der Waals surface area (Å²) in [7, 11) is 0. The number of carbonyl (C=O) groups is 2. The fourth-order valence-electron chi connectivity index (χ4n) is 2.99. The van der Waals surface area contributed by atoms with Crippen LogP contribution in [0, 0.1) is 5.92 Å². The zero-order valence-corrected chi connectivity index (χ0v) is 16.0. The van der Waals surface area contributed by atoms with Crippen molar-refractivity contribution in [2.75, 3.05) is 0 Å². The Balaban J connectivity index is 1.40. The lowest BCUT2D eigenvalue weighted by molar-refractivity contribution is -0.148. The Bertz CT molecular complexity index is 934. The molecule has 0 bridgehead atoms. The molecule has 0 aliphatic rings. The molecular formula is C24H24O4. The molecule has 0 fully saturated rings. The van der Waals surface area contributed by atoms with Crippen molar-refractivity contribution in [2.24, 2.45) is 5.92 Å². The van der Waals surface area contributed by atoms with Crippen molar-refractivity contribution < 1.29 is 19.1 Å². The maximum Gasteiger partial charge on any atom is 0.306 e. The summed E-state index contributed by atoms with van der Waals surface area (Å²) in [6.07, 6.45) is 0.381. The average Bonchev–Trinajstić information content (AvgIpc) is 2.71. The molecule has 3 rings (SSSR count). The Kier molecular flexibility index (Phi) is 6.79. The number of carbonyl (C=O) groups excluding carboxylic acids is 2. The lowest BCUT2D eigenvalue weighted by Gasteiger charge is -2.11. The van der Waals surface area contributed by atoms with Crippen molar-refractivity contribution in [2.45, 2.75) is 33.0 Å². The molecule has 0 aliphatic heterocycles. The number of benzene rings is 3. The zero-order valence-electron chi connectivity index (χ0n) is 16.0. The van der Waals surface area contributed by atoms with Gasteiger partial charge in [-0.25, -0.2) is 0 Å². The Morgan fingerprint density at radius 1 is 0.714 bits per heavy atom. The van der Waals surface area contributed by atoms with Crippen LogP contribution in [0.5, 0.6) is 0 Å². The minimum atomic E-state index is -0.309. The summed E-state index contributed by atoms with van der Waals surface area (Å²) in [6, 6.07) is 23.6. The summed E-state index contributed by atoms with van der Waals surface area (Å²) in [5, 5.41) is 2.27. The van der Waals surface area contributed by atoms with E-state index in [0.717, 1.165) is 21.9 Å². The smallest absolute Gasteiger partial charge is 0.306 e. The van der Waals surface area contributed by atoms with Gasteiger partial charge in [0.2, 0.25) is 0 Å². The standard InChI is InChI=1S/C24H24O4/c1-18(13-23(25)27-16-19-7-3-2-4-8-19)14-24(26)28-17-20-11-12-21-9-5-6-10-22(21)15-20/h2-12,15,18H,13-14,16-17H2,1H3. The van der Waals surface area contributed by atoms with Gasteiger partial charge < -0.3 is 9.47 Å². The SMILES string of the molecule is CC(CC(=O)OCc1ccccc1)CC(=O)OCc1ccc2ccccc2c1. The van der Waals surface area contributed by atoms with Gasteiger partial charge in [0.05, 0.1) is 0 Å². The van der Waals surface area contributed by atoms with Gasteiger partial charge in [-0.15, -0.1) is 0 Å². The highest BCUT2D eigenvalue weighted by molar-refractivity contribution is 5.83. The van der Waals surface area contributed by atoms with Crippen molar-refractivity contribution in [3.63, 3.8) is 0 Å². The van der Waals surface area contributed by atoms with E-state index in [1.54, 1.807) is 0 Å². The number of rotatable bonds is 8. The third-order valence-corrected chi connectivity index (χ3v) is 4.49. The van der Waals surface area contributed by atoms with Gasteiger partial charge in [0.15, 0.2) is 0 Å². The lowest BCUT2D eigenvalue weighted by atomic mass is 10.0. The maximum absolute atomic E-state index is 12.1. The number of ether oxygens (including phenoxy) is 2. The second-order valence-electron chi connectivity index (χ2n) is 7.00. The van der Waals surface area contributed by atoms with Crippen LogP contribution in [-0.4, -0.2) is 11.9 Å². The molecule has 0 amide bonds. The van der Waals surface area contributed by atoms with Crippen molar-refractivity contribution in [3.8, 4) is 0 Å². The van der Waals surface area contributed by atoms with Crippen LogP contribution >= 0.6 is 0 Å². The van der Waals surface area contributed by atoms with Crippen LogP contribution in [0.15, 0.2) is 72.8 Å². The van der Waals surface area contributed by atoms with E-state index < -0.39 is 0 Å². The number of fused-ring (bicyclic) bond motifs is 1. The molecule has 1 atom stereocenters. The normalized spacial score (nSPS) is 11.8. The molecule has 3 aromatic carbocycles. The van der Waals surface area contributed by atoms with Crippen molar-refractivity contribution in [3.05, 3.63) is 83.9 Å². The van der Waals surface area contributed by atoms with Crippen LogP contribution in [0.4, 0.5) is 0 Å².